The average molecular weight is 387 g/mol. The van der Waals surface area contributed by atoms with Gasteiger partial charge in [0.25, 0.3) is 0 Å². The van der Waals surface area contributed by atoms with Crippen LogP contribution in [0, 0.1) is 0 Å². The van der Waals surface area contributed by atoms with E-state index < -0.39 is 5.97 Å². The van der Waals surface area contributed by atoms with Crippen molar-refractivity contribution in [2.45, 2.75) is 33.1 Å². The van der Waals surface area contributed by atoms with E-state index in [1.54, 1.807) is 0 Å². The van der Waals surface area contributed by atoms with Crippen molar-refractivity contribution in [3.63, 3.8) is 0 Å². The molecule has 8 heteroatoms. The van der Waals surface area contributed by atoms with Crippen LogP contribution >= 0.6 is 11.6 Å². The number of carboxylic acid groups (broad SMARTS) is 1. The van der Waals surface area contributed by atoms with Crippen LogP contribution in [-0.2, 0) is 24.1 Å². The molecule has 0 saturated heterocycles. The third-order valence-electron chi connectivity index (χ3n) is 4.40. The first kappa shape index (κ1) is 18.8. The molecule has 0 aliphatic carbocycles. The number of hydrogen-bond acceptors (Lipinski definition) is 4. The van der Waals surface area contributed by atoms with Crippen molar-refractivity contribution >= 4 is 40.2 Å². The fourth-order valence-electron chi connectivity index (χ4n) is 3.04. The molecule has 0 bridgehead atoms. The van der Waals surface area contributed by atoms with Crippen LogP contribution in [0.5, 0.6) is 0 Å². The molecule has 1 aromatic carbocycles. The summed E-state index contributed by atoms with van der Waals surface area (Å²) in [5, 5.41) is 20.0. The summed E-state index contributed by atoms with van der Waals surface area (Å²) < 4.78 is 0. The number of halogens is 1. The number of pyridine rings is 1. The van der Waals surface area contributed by atoms with Gasteiger partial charge in [0.1, 0.15) is 0 Å². The van der Waals surface area contributed by atoms with Gasteiger partial charge < -0.3 is 10.4 Å². The molecule has 0 aliphatic rings. The first-order valence-corrected chi connectivity index (χ1v) is 8.98. The van der Waals surface area contributed by atoms with Gasteiger partial charge in [-0.15, -0.1) is 0 Å². The number of fused-ring (bicyclic) bond motifs is 1. The van der Waals surface area contributed by atoms with Gasteiger partial charge in [0, 0.05) is 16.1 Å². The smallest absolute Gasteiger partial charge is 0.337 e. The van der Waals surface area contributed by atoms with E-state index in [1.807, 2.05) is 26.0 Å². The Bertz CT molecular complexity index is 1030. The Balaban J connectivity index is 1.93. The van der Waals surface area contributed by atoms with Gasteiger partial charge in [-0.1, -0.05) is 31.5 Å². The summed E-state index contributed by atoms with van der Waals surface area (Å²) in [5.74, 6) is -1.49. The Morgan fingerprint density at radius 1 is 1.26 bits per heavy atom. The van der Waals surface area contributed by atoms with Crippen molar-refractivity contribution in [1.82, 2.24) is 15.2 Å². The lowest BCUT2D eigenvalue weighted by atomic mass is 10.0. The summed E-state index contributed by atoms with van der Waals surface area (Å²) in [6, 6.07) is 5.17. The van der Waals surface area contributed by atoms with E-state index in [0.29, 0.717) is 28.2 Å². The molecule has 2 aromatic heterocycles. The van der Waals surface area contributed by atoms with E-state index in [9.17, 15) is 14.7 Å². The zero-order valence-electron chi connectivity index (χ0n) is 15.0. The quantitative estimate of drug-likeness (QED) is 0.599. The van der Waals surface area contributed by atoms with Gasteiger partial charge >= 0.3 is 5.97 Å². The maximum Gasteiger partial charge on any atom is 0.337 e. The highest BCUT2D eigenvalue weighted by Gasteiger charge is 2.19. The highest BCUT2D eigenvalue weighted by Crippen LogP contribution is 2.29. The number of anilines is 1. The summed E-state index contributed by atoms with van der Waals surface area (Å²) in [6.07, 6.45) is 2.72. The highest BCUT2D eigenvalue weighted by atomic mass is 35.5. The number of nitrogens with one attached hydrogen (secondary N) is 2. The standard InChI is InChI=1S/C19H19ClN4O3/c1-3-10-5-6-14(20)12(4-2)17(10)23-16(25)8-15-13(19(26)27)7-11-9-21-24-18(11)22-15/h5-7,9H,3-4,8H2,1-2H3,(H,23,25)(H,26,27)(H,21,22,24). The molecule has 0 fully saturated rings. The Kier molecular flexibility index (Phi) is 5.41. The van der Waals surface area contributed by atoms with Gasteiger partial charge in [0.15, 0.2) is 5.65 Å². The van der Waals surface area contributed by atoms with E-state index in [1.165, 1.54) is 12.3 Å². The Labute approximate surface area is 160 Å². The number of carbonyl (C=O) groups is 2. The molecule has 27 heavy (non-hydrogen) atoms. The van der Waals surface area contributed by atoms with Crippen LogP contribution in [-0.4, -0.2) is 32.2 Å². The fourth-order valence-corrected chi connectivity index (χ4v) is 3.33. The molecule has 2 heterocycles. The first-order valence-electron chi connectivity index (χ1n) is 8.60. The molecule has 0 saturated carbocycles. The fraction of sp³-hybridized carbons (Fsp3) is 0.263. The van der Waals surface area contributed by atoms with E-state index >= 15 is 0 Å². The minimum absolute atomic E-state index is 0.0171. The number of rotatable bonds is 6. The van der Waals surface area contributed by atoms with Crippen LogP contribution < -0.4 is 5.32 Å². The molecule has 7 nitrogen and oxygen atoms in total. The molecule has 0 aliphatic heterocycles. The van der Waals surface area contributed by atoms with E-state index in [0.717, 1.165) is 17.5 Å². The molecule has 3 N–H and O–H groups in total. The van der Waals surface area contributed by atoms with Crippen molar-refractivity contribution in [3.8, 4) is 0 Å². The first-order chi connectivity index (χ1) is 12.9. The number of aromatic amines is 1. The summed E-state index contributed by atoms with van der Waals surface area (Å²) in [6.45, 7) is 3.96. The SMILES string of the molecule is CCc1ccc(Cl)c(CC)c1NC(=O)Cc1nc2[nH]ncc2cc1C(=O)O. The third kappa shape index (κ3) is 3.78. The number of carbonyl (C=O) groups excluding carboxylic acids is 1. The Morgan fingerprint density at radius 3 is 2.70 bits per heavy atom. The number of aromatic nitrogens is 3. The number of carboxylic acids is 1. The van der Waals surface area contributed by atoms with E-state index in [2.05, 4.69) is 20.5 Å². The molecule has 0 radical (unpaired) electrons. The number of nitrogens with zero attached hydrogens (tertiary/aromatic N) is 2. The molecular formula is C19H19ClN4O3. The van der Waals surface area contributed by atoms with Crippen molar-refractivity contribution in [1.29, 1.82) is 0 Å². The zero-order chi connectivity index (χ0) is 19.6. The molecule has 3 rings (SSSR count). The van der Waals surface area contributed by atoms with Crippen molar-refractivity contribution in [3.05, 3.63) is 51.8 Å². The van der Waals surface area contributed by atoms with Gasteiger partial charge in [-0.3, -0.25) is 9.89 Å². The predicted octanol–water partition coefficient (Wildman–Crippen LogP) is 3.62. The number of aryl methyl sites for hydroxylation is 1. The van der Waals surface area contributed by atoms with Crippen LogP contribution in [0.4, 0.5) is 5.69 Å². The van der Waals surface area contributed by atoms with Crippen LogP contribution in [0.1, 0.15) is 41.0 Å². The number of amides is 1. The van der Waals surface area contributed by atoms with Gasteiger partial charge in [-0.05, 0) is 36.1 Å². The van der Waals surface area contributed by atoms with Crippen LogP contribution in [0.15, 0.2) is 24.4 Å². The number of aromatic carboxylic acids is 1. The Morgan fingerprint density at radius 2 is 2.04 bits per heavy atom. The van der Waals surface area contributed by atoms with Gasteiger partial charge in [0.2, 0.25) is 5.91 Å². The van der Waals surface area contributed by atoms with Crippen molar-refractivity contribution in [2.75, 3.05) is 5.32 Å². The number of benzene rings is 1. The summed E-state index contributed by atoms with van der Waals surface area (Å²) in [7, 11) is 0. The minimum atomic E-state index is -1.14. The molecule has 3 aromatic rings. The monoisotopic (exact) mass is 386 g/mol. The largest absolute Gasteiger partial charge is 0.478 e. The molecule has 140 valence electrons. The second-order valence-electron chi connectivity index (χ2n) is 6.09. The van der Waals surface area contributed by atoms with Crippen molar-refractivity contribution < 1.29 is 14.7 Å². The average Bonchev–Trinajstić information content (AvgIpc) is 3.08. The second kappa shape index (κ2) is 7.75. The van der Waals surface area contributed by atoms with Gasteiger partial charge in [-0.2, -0.15) is 5.10 Å². The summed E-state index contributed by atoms with van der Waals surface area (Å²) in [5.41, 5.74) is 3.12. The normalized spacial score (nSPS) is 10.9. The topological polar surface area (TPSA) is 108 Å². The second-order valence-corrected chi connectivity index (χ2v) is 6.49. The van der Waals surface area contributed by atoms with E-state index in [4.69, 9.17) is 11.6 Å². The summed E-state index contributed by atoms with van der Waals surface area (Å²) in [4.78, 5) is 28.5. The molecule has 0 spiro atoms. The van der Waals surface area contributed by atoms with Gasteiger partial charge in [0.05, 0.1) is 23.9 Å². The molecule has 1 amide bonds. The minimum Gasteiger partial charge on any atom is -0.478 e. The molecule has 0 atom stereocenters. The maximum atomic E-state index is 12.7. The lowest BCUT2D eigenvalue weighted by molar-refractivity contribution is -0.115. The van der Waals surface area contributed by atoms with Gasteiger partial charge in [-0.25, -0.2) is 9.78 Å². The Hall–Kier alpha value is -2.93. The van der Waals surface area contributed by atoms with Crippen LogP contribution in [0.25, 0.3) is 11.0 Å². The predicted molar refractivity (Wildman–Crippen MR) is 103 cm³/mol. The lowest BCUT2D eigenvalue weighted by Crippen LogP contribution is -2.19. The highest BCUT2D eigenvalue weighted by molar-refractivity contribution is 6.32. The molecule has 0 unspecified atom stereocenters. The van der Waals surface area contributed by atoms with Crippen LogP contribution in [0.2, 0.25) is 5.02 Å². The maximum absolute atomic E-state index is 12.7. The van der Waals surface area contributed by atoms with E-state index in [-0.39, 0.29) is 23.6 Å². The zero-order valence-corrected chi connectivity index (χ0v) is 15.7. The number of H-pyrrole nitrogens is 1. The summed E-state index contributed by atoms with van der Waals surface area (Å²) >= 11 is 6.27. The van der Waals surface area contributed by atoms with Crippen LogP contribution in [0.3, 0.4) is 0 Å². The lowest BCUT2D eigenvalue weighted by Gasteiger charge is -2.16. The molecular weight excluding hydrogens is 368 g/mol. The number of hydrogen-bond donors (Lipinski definition) is 3. The third-order valence-corrected chi connectivity index (χ3v) is 4.76. The van der Waals surface area contributed by atoms with Crippen molar-refractivity contribution in [2.24, 2.45) is 0 Å².